The van der Waals surface area contributed by atoms with Crippen LogP contribution >= 0.6 is 0 Å². The van der Waals surface area contributed by atoms with Crippen molar-refractivity contribution in [2.75, 3.05) is 4.90 Å². The van der Waals surface area contributed by atoms with Gasteiger partial charge in [0.05, 0.1) is 5.69 Å². The first-order valence-corrected chi connectivity index (χ1v) is 4.37. The summed E-state index contributed by atoms with van der Waals surface area (Å²) in [5, 5.41) is 9.40. The first-order valence-electron chi connectivity index (χ1n) is 4.37. The van der Waals surface area contributed by atoms with E-state index in [-0.39, 0.29) is 6.42 Å². The van der Waals surface area contributed by atoms with Gasteiger partial charge in [-0.15, -0.1) is 0 Å². The fourth-order valence-electron chi connectivity index (χ4n) is 1.36. The zero-order chi connectivity index (χ0) is 10.8. The Balaban J connectivity index is 2.41. The molecular formula is C10H8N2O3. The van der Waals surface area contributed by atoms with E-state index in [1.807, 2.05) is 0 Å². The molecule has 1 aliphatic heterocycles. The molecule has 0 saturated carbocycles. The second kappa shape index (κ2) is 3.53. The van der Waals surface area contributed by atoms with Crippen molar-refractivity contribution in [2.45, 2.75) is 6.42 Å². The minimum Gasteiger partial charge on any atom is -0.480 e. The van der Waals surface area contributed by atoms with E-state index in [1.165, 1.54) is 0 Å². The Bertz CT molecular complexity index is 439. The van der Waals surface area contributed by atoms with Crippen LogP contribution in [0.5, 0.6) is 0 Å². The number of hydrogen-bond donors (Lipinski definition) is 1. The first kappa shape index (κ1) is 9.39. The van der Waals surface area contributed by atoms with Crippen LogP contribution in [0.2, 0.25) is 0 Å². The van der Waals surface area contributed by atoms with Gasteiger partial charge in [-0.05, 0) is 12.1 Å². The molecule has 2 rings (SSSR count). The Hall–Kier alpha value is -2.17. The van der Waals surface area contributed by atoms with Crippen LogP contribution < -0.4 is 4.90 Å². The third-order valence-electron chi connectivity index (χ3n) is 1.99. The molecule has 5 nitrogen and oxygen atoms in total. The Labute approximate surface area is 85.7 Å². The average Bonchev–Trinajstić information content (AvgIpc) is 2.17. The Kier molecular flexibility index (Phi) is 2.21. The van der Waals surface area contributed by atoms with Gasteiger partial charge in [-0.2, -0.15) is 4.99 Å². The number of rotatable bonds is 1. The van der Waals surface area contributed by atoms with Crippen molar-refractivity contribution in [3.05, 3.63) is 30.3 Å². The SMILES string of the molecule is O=C1CC(=O)N(c2ccccc2)C(O)=N1. The largest absolute Gasteiger partial charge is 0.480 e. The van der Waals surface area contributed by atoms with Crippen LogP contribution in [0.15, 0.2) is 35.3 Å². The summed E-state index contributed by atoms with van der Waals surface area (Å²) in [5.74, 6) is -1.09. The van der Waals surface area contributed by atoms with Gasteiger partial charge in [0, 0.05) is 0 Å². The molecule has 0 spiro atoms. The number of anilines is 1. The van der Waals surface area contributed by atoms with Crippen molar-refractivity contribution in [3.63, 3.8) is 0 Å². The molecule has 0 bridgehead atoms. The van der Waals surface area contributed by atoms with E-state index in [0.29, 0.717) is 5.69 Å². The molecule has 0 atom stereocenters. The van der Waals surface area contributed by atoms with Gasteiger partial charge in [-0.1, -0.05) is 18.2 Å². The van der Waals surface area contributed by atoms with E-state index in [2.05, 4.69) is 4.99 Å². The normalized spacial score (nSPS) is 16.5. The monoisotopic (exact) mass is 204 g/mol. The lowest BCUT2D eigenvalue weighted by Gasteiger charge is -2.22. The number of hydrogen-bond acceptors (Lipinski definition) is 2. The fraction of sp³-hybridized carbons (Fsp3) is 0.100. The first-order chi connectivity index (χ1) is 7.18. The van der Waals surface area contributed by atoms with E-state index in [4.69, 9.17) is 0 Å². The molecule has 1 aliphatic rings. The predicted octanol–water partition coefficient (Wildman–Crippen LogP) is 0.864. The van der Waals surface area contributed by atoms with Crippen LogP contribution in [0.4, 0.5) is 5.69 Å². The van der Waals surface area contributed by atoms with Crippen LogP contribution in [-0.2, 0) is 9.59 Å². The van der Waals surface area contributed by atoms with E-state index in [9.17, 15) is 14.7 Å². The molecule has 76 valence electrons. The number of aliphatic hydroxyl groups excluding tert-OH is 1. The highest BCUT2D eigenvalue weighted by atomic mass is 16.3. The Morgan fingerprint density at radius 1 is 1.20 bits per heavy atom. The summed E-state index contributed by atoms with van der Waals surface area (Å²) in [6.07, 6.45) is -0.307. The smallest absolute Gasteiger partial charge is 0.304 e. The van der Waals surface area contributed by atoms with E-state index < -0.39 is 17.8 Å². The number of carbonyl (C=O) groups excluding carboxylic acids is 2. The number of aliphatic hydroxyl groups is 1. The molecule has 0 fully saturated rings. The molecule has 5 heteroatoms. The lowest BCUT2D eigenvalue weighted by molar-refractivity contribution is -0.126. The van der Waals surface area contributed by atoms with Crippen molar-refractivity contribution in [1.29, 1.82) is 0 Å². The van der Waals surface area contributed by atoms with Crippen LogP contribution in [0, 0.1) is 0 Å². The zero-order valence-electron chi connectivity index (χ0n) is 7.75. The summed E-state index contributed by atoms with van der Waals surface area (Å²) in [7, 11) is 0. The van der Waals surface area contributed by atoms with E-state index in [0.717, 1.165) is 4.90 Å². The molecule has 15 heavy (non-hydrogen) atoms. The molecule has 1 aromatic carbocycles. The highest BCUT2D eigenvalue weighted by molar-refractivity contribution is 6.23. The number of para-hydroxylation sites is 1. The van der Waals surface area contributed by atoms with Crippen molar-refractivity contribution >= 4 is 23.5 Å². The number of amidine groups is 1. The van der Waals surface area contributed by atoms with Gasteiger partial charge in [-0.25, -0.2) is 4.90 Å². The molecule has 1 aromatic rings. The molecule has 0 aliphatic carbocycles. The molecule has 0 saturated heterocycles. The van der Waals surface area contributed by atoms with Gasteiger partial charge in [0.2, 0.25) is 5.91 Å². The van der Waals surface area contributed by atoms with Gasteiger partial charge < -0.3 is 5.11 Å². The lowest BCUT2D eigenvalue weighted by atomic mass is 10.2. The van der Waals surface area contributed by atoms with Crippen molar-refractivity contribution < 1.29 is 14.7 Å². The van der Waals surface area contributed by atoms with Crippen LogP contribution in [0.1, 0.15) is 6.42 Å². The van der Waals surface area contributed by atoms with Crippen LogP contribution in [-0.4, -0.2) is 22.9 Å². The summed E-state index contributed by atoms with van der Waals surface area (Å²) in [4.78, 5) is 26.7. The lowest BCUT2D eigenvalue weighted by Crippen LogP contribution is -2.41. The number of amides is 2. The van der Waals surface area contributed by atoms with Gasteiger partial charge in [0.25, 0.3) is 5.91 Å². The third kappa shape index (κ3) is 1.71. The quantitative estimate of drug-likeness (QED) is 0.690. The van der Waals surface area contributed by atoms with Gasteiger partial charge in [0.1, 0.15) is 6.42 Å². The van der Waals surface area contributed by atoms with Gasteiger partial charge >= 0.3 is 6.02 Å². The molecule has 0 aromatic heterocycles. The second-order valence-corrected chi connectivity index (χ2v) is 3.05. The summed E-state index contributed by atoms with van der Waals surface area (Å²) in [6.45, 7) is 0. The van der Waals surface area contributed by atoms with Crippen LogP contribution in [0.3, 0.4) is 0 Å². The predicted molar refractivity (Wildman–Crippen MR) is 53.6 cm³/mol. The van der Waals surface area contributed by atoms with E-state index in [1.54, 1.807) is 30.3 Å². The molecule has 0 radical (unpaired) electrons. The maximum absolute atomic E-state index is 11.5. The molecule has 2 amide bonds. The van der Waals surface area contributed by atoms with Gasteiger partial charge in [-0.3, -0.25) is 9.59 Å². The van der Waals surface area contributed by atoms with Crippen molar-refractivity contribution in [2.24, 2.45) is 4.99 Å². The molecule has 1 heterocycles. The Morgan fingerprint density at radius 3 is 2.47 bits per heavy atom. The summed E-state index contributed by atoms with van der Waals surface area (Å²) in [5.41, 5.74) is 0.497. The zero-order valence-corrected chi connectivity index (χ0v) is 7.75. The minimum atomic E-state index is -0.621. The van der Waals surface area contributed by atoms with Crippen molar-refractivity contribution in [3.8, 4) is 0 Å². The minimum absolute atomic E-state index is 0.307. The van der Waals surface area contributed by atoms with Crippen LogP contribution in [0.25, 0.3) is 0 Å². The number of carbonyl (C=O) groups is 2. The Morgan fingerprint density at radius 2 is 1.87 bits per heavy atom. The molecule has 1 N–H and O–H groups in total. The standard InChI is InChI=1S/C10H8N2O3/c13-8-6-9(14)12(10(15)11-8)7-4-2-1-3-5-7/h1-5H,6H2,(H,11,13,15). The fourth-order valence-corrected chi connectivity index (χ4v) is 1.36. The highest BCUT2D eigenvalue weighted by Gasteiger charge is 2.28. The number of benzene rings is 1. The topological polar surface area (TPSA) is 70.0 Å². The van der Waals surface area contributed by atoms with Gasteiger partial charge in [0.15, 0.2) is 0 Å². The number of nitrogens with zero attached hydrogens (tertiary/aromatic N) is 2. The van der Waals surface area contributed by atoms with E-state index >= 15 is 0 Å². The highest BCUT2D eigenvalue weighted by Crippen LogP contribution is 2.17. The molecule has 0 unspecified atom stereocenters. The third-order valence-corrected chi connectivity index (χ3v) is 1.99. The number of aliphatic imine (C=N–C) groups is 1. The average molecular weight is 204 g/mol. The molecular weight excluding hydrogens is 196 g/mol. The summed E-state index contributed by atoms with van der Waals surface area (Å²) >= 11 is 0. The summed E-state index contributed by atoms with van der Waals surface area (Å²) < 4.78 is 0. The maximum Gasteiger partial charge on any atom is 0.304 e. The summed E-state index contributed by atoms with van der Waals surface area (Å²) in [6, 6.07) is 7.98. The maximum atomic E-state index is 11.5. The van der Waals surface area contributed by atoms with Crippen molar-refractivity contribution in [1.82, 2.24) is 0 Å². The second-order valence-electron chi connectivity index (χ2n) is 3.05.